The fraction of sp³-hybridized carbons (Fsp3) is 0.529. The third kappa shape index (κ3) is 3.89. The van der Waals surface area contributed by atoms with Crippen molar-refractivity contribution in [3.63, 3.8) is 0 Å². The number of aromatic amines is 1. The number of hydrogen-bond donors (Lipinski definition) is 2. The Labute approximate surface area is 135 Å². The van der Waals surface area contributed by atoms with Gasteiger partial charge in [0.2, 0.25) is 5.91 Å². The zero-order valence-electron chi connectivity index (χ0n) is 13.6. The summed E-state index contributed by atoms with van der Waals surface area (Å²) in [7, 11) is 0. The number of imidazole rings is 1. The molecule has 1 amide bonds. The first-order valence-electron chi connectivity index (χ1n) is 7.98. The summed E-state index contributed by atoms with van der Waals surface area (Å²) in [6.07, 6.45) is 2.03. The molecule has 0 spiro atoms. The number of benzene rings is 1. The highest BCUT2D eigenvalue weighted by Gasteiger charge is 2.29. The van der Waals surface area contributed by atoms with E-state index in [0.29, 0.717) is 6.54 Å². The van der Waals surface area contributed by atoms with Crippen molar-refractivity contribution in [1.29, 1.82) is 0 Å². The van der Waals surface area contributed by atoms with Gasteiger partial charge in [0.25, 0.3) is 0 Å². The quantitative estimate of drug-likeness (QED) is 0.855. The van der Waals surface area contributed by atoms with Crippen LogP contribution in [-0.4, -0.2) is 41.2 Å². The van der Waals surface area contributed by atoms with Crippen molar-refractivity contribution < 1.29 is 14.3 Å². The van der Waals surface area contributed by atoms with Crippen LogP contribution in [0.5, 0.6) is 0 Å². The van der Waals surface area contributed by atoms with Crippen LogP contribution in [0.25, 0.3) is 11.0 Å². The van der Waals surface area contributed by atoms with Gasteiger partial charge in [-0.05, 0) is 38.3 Å². The molecule has 0 aliphatic carbocycles. The highest BCUT2D eigenvalue weighted by Crippen LogP contribution is 2.23. The number of nitrogens with zero attached hydrogens (tertiary/aromatic N) is 1. The molecule has 0 saturated carbocycles. The highest BCUT2D eigenvalue weighted by atomic mass is 16.5. The first kappa shape index (κ1) is 16.0. The molecule has 0 bridgehead atoms. The van der Waals surface area contributed by atoms with E-state index in [1.807, 2.05) is 32.0 Å². The van der Waals surface area contributed by atoms with Crippen LogP contribution in [0.1, 0.15) is 31.2 Å². The van der Waals surface area contributed by atoms with E-state index in [4.69, 9.17) is 9.47 Å². The van der Waals surface area contributed by atoms with Gasteiger partial charge in [0, 0.05) is 13.2 Å². The zero-order chi connectivity index (χ0) is 16.3. The molecule has 2 aromatic rings. The van der Waals surface area contributed by atoms with Crippen LogP contribution in [-0.2, 0) is 20.9 Å². The van der Waals surface area contributed by atoms with Gasteiger partial charge in [-0.2, -0.15) is 0 Å². The van der Waals surface area contributed by atoms with Crippen LogP contribution >= 0.6 is 0 Å². The Morgan fingerprint density at radius 2 is 2.39 bits per heavy atom. The number of carbonyl (C=O) groups is 1. The van der Waals surface area contributed by atoms with E-state index in [2.05, 4.69) is 15.3 Å². The van der Waals surface area contributed by atoms with Gasteiger partial charge in [0.15, 0.2) is 0 Å². The Kier molecular flexibility index (Phi) is 4.63. The van der Waals surface area contributed by atoms with Gasteiger partial charge < -0.3 is 19.8 Å². The number of aryl methyl sites for hydroxylation is 1. The second-order valence-corrected chi connectivity index (χ2v) is 6.33. The minimum absolute atomic E-state index is 0.0199. The highest BCUT2D eigenvalue weighted by molar-refractivity contribution is 5.78. The molecule has 1 saturated heterocycles. The average molecular weight is 317 g/mol. The molecule has 3 rings (SSSR count). The van der Waals surface area contributed by atoms with Gasteiger partial charge in [-0.25, -0.2) is 4.98 Å². The van der Waals surface area contributed by atoms with Gasteiger partial charge >= 0.3 is 0 Å². The smallest absolute Gasteiger partial charge is 0.246 e. The third-order valence-corrected chi connectivity index (χ3v) is 4.20. The van der Waals surface area contributed by atoms with Crippen molar-refractivity contribution in [2.75, 3.05) is 19.8 Å². The lowest BCUT2D eigenvalue weighted by molar-refractivity contribution is -0.127. The lowest BCUT2D eigenvalue weighted by atomic mass is 10.0. The summed E-state index contributed by atoms with van der Waals surface area (Å²) in [5, 5.41) is 2.87. The number of ether oxygens (including phenoxy) is 2. The summed E-state index contributed by atoms with van der Waals surface area (Å²) < 4.78 is 11.1. The average Bonchev–Trinajstić information content (AvgIpc) is 3.13. The predicted octanol–water partition coefficient (Wildman–Crippen LogP) is 2.07. The number of aromatic nitrogens is 2. The molecule has 23 heavy (non-hydrogen) atoms. The molecule has 124 valence electrons. The first-order chi connectivity index (χ1) is 11.1. The van der Waals surface area contributed by atoms with Crippen molar-refractivity contribution in [3.05, 3.63) is 29.6 Å². The van der Waals surface area contributed by atoms with Crippen LogP contribution in [0.4, 0.5) is 0 Å². The van der Waals surface area contributed by atoms with Crippen LogP contribution in [0.3, 0.4) is 0 Å². The largest absolute Gasteiger partial charge is 0.373 e. The molecule has 1 aromatic carbocycles. The lowest BCUT2D eigenvalue weighted by Crippen LogP contribution is -2.41. The monoisotopic (exact) mass is 317 g/mol. The Bertz CT molecular complexity index is 689. The number of amides is 1. The van der Waals surface area contributed by atoms with Crippen molar-refractivity contribution in [2.24, 2.45) is 0 Å². The summed E-state index contributed by atoms with van der Waals surface area (Å²) in [6, 6.07) is 5.99. The zero-order valence-corrected chi connectivity index (χ0v) is 13.6. The Balaban J connectivity index is 1.45. The SMILES string of the molecule is Cc1cccc2[nH]c(COCC(=O)NC[C@]3(C)CCCO3)nc12. The minimum atomic E-state index is -0.230. The molecule has 2 N–H and O–H groups in total. The second kappa shape index (κ2) is 6.68. The predicted molar refractivity (Wildman–Crippen MR) is 87.1 cm³/mol. The molecule has 1 aromatic heterocycles. The summed E-state index contributed by atoms with van der Waals surface area (Å²) in [4.78, 5) is 19.5. The first-order valence-corrected chi connectivity index (χ1v) is 7.98. The summed E-state index contributed by atoms with van der Waals surface area (Å²) in [5.41, 5.74) is 2.82. The maximum atomic E-state index is 11.8. The molecular weight excluding hydrogens is 294 g/mol. The van der Waals surface area contributed by atoms with Crippen LogP contribution in [0.2, 0.25) is 0 Å². The number of hydrogen-bond acceptors (Lipinski definition) is 4. The fourth-order valence-electron chi connectivity index (χ4n) is 2.85. The van der Waals surface area contributed by atoms with Gasteiger partial charge in [0.1, 0.15) is 19.0 Å². The maximum Gasteiger partial charge on any atom is 0.246 e. The van der Waals surface area contributed by atoms with Crippen LogP contribution in [0.15, 0.2) is 18.2 Å². The number of carbonyl (C=O) groups excluding carboxylic acids is 1. The Hall–Kier alpha value is -1.92. The Morgan fingerprint density at radius 1 is 1.52 bits per heavy atom. The van der Waals surface area contributed by atoms with Crippen molar-refractivity contribution >= 4 is 16.9 Å². The van der Waals surface area contributed by atoms with Gasteiger partial charge in [-0.15, -0.1) is 0 Å². The Morgan fingerprint density at radius 3 is 3.13 bits per heavy atom. The van der Waals surface area contributed by atoms with E-state index in [9.17, 15) is 4.79 Å². The minimum Gasteiger partial charge on any atom is -0.373 e. The van der Waals surface area contributed by atoms with E-state index in [1.54, 1.807) is 0 Å². The van der Waals surface area contributed by atoms with Gasteiger partial charge in [-0.1, -0.05) is 12.1 Å². The van der Waals surface area contributed by atoms with Crippen LogP contribution in [0, 0.1) is 6.92 Å². The van der Waals surface area contributed by atoms with E-state index in [0.717, 1.165) is 41.9 Å². The van der Waals surface area contributed by atoms with Crippen molar-refractivity contribution in [2.45, 2.75) is 38.9 Å². The van der Waals surface area contributed by atoms with Gasteiger partial charge in [-0.3, -0.25) is 4.79 Å². The molecule has 0 unspecified atom stereocenters. The molecule has 1 aliphatic heterocycles. The van der Waals surface area contributed by atoms with E-state index in [1.165, 1.54) is 0 Å². The van der Waals surface area contributed by atoms with Gasteiger partial charge in [0.05, 0.1) is 16.6 Å². The molecule has 6 nitrogen and oxygen atoms in total. The van der Waals surface area contributed by atoms with Crippen molar-refractivity contribution in [1.82, 2.24) is 15.3 Å². The van der Waals surface area contributed by atoms with E-state index < -0.39 is 0 Å². The normalized spacial score (nSPS) is 21.0. The number of para-hydroxylation sites is 1. The second-order valence-electron chi connectivity index (χ2n) is 6.33. The molecular formula is C17H23N3O3. The molecule has 0 radical (unpaired) electrons. The number of nitrogens with one attached hydrogen (secondary N) is 2. The van der Waals surface area contributed by atoms with E-state index >= 15 is 0 Å². The summed E-state index contributed by atoms with van der Waals surface area (Å²) >= 11 is 0. The molecule has 1 atom stereocenters. The fourth-order valence-corrected chi connectivity index (χ4v) is 2.85. The molecule has 2 heterocycles. The topological polar surface area (TPSA) is 76.2 Å². The number of fused-ring (bicyclic) bond motifs is 1. The lowest BCUT2D eigenvalue weighted by Gasteiger charge is -2.23. The summed E-state index contributed by atoms with van der Waals surface area (Å²) in [6.45, 7) is 5.65. The summed E-state index contributed by atoms with van der Waals surface area (Å²) in [5.74, 6) is 0.599. The third-order valence-electron chi connectivity index (χ3n) is 4.20. The van der Waals surface area contributed by atoms with E-state index in [-0.39, 0.29) is 24.7 Å². The van der Waals surface area contributed by atoms with Crippen LogP contribution < -0.4 is 5.32 Å². The maximum absolute atomic E-state index is 11.8. The molecule has 1 fully saturated rings. The number of H-pyrrole nitrogens is 1. The number of rotatable bonds is 6. The molecule has 6 heteroatoms. The van der Waals surface area contributed by atoms with Crippen molar-refractivity contribution in [3.8, 4) is 0 Å². The standard InChI is InChI=1S/C17H23N3O3/c1-12-5-3-6-13-16(12)20-14(19-13)9-22-10-15(21)18-11-17(2)7-4-8-23-17/h3,5-6H,4,7-11H2,1-2H3,(H,18,21)(H,19,20)/t17-/m0/s1. The molecule has 1 aliphatic rings.